The third-order valence-electron chi connectivity index (χ3n) is 3.16. The fraction of sp³-hybridized carbons (Fsp3) is 0.500. The van der Waals surface area contributed by atoms with Gasteiger partial charge in [0.25, 0.3) is 0 Å². The molecule has 1 heteroatoms. The quantitative estimate of drug-likeness (QED) is 0.640. The van der Waals surface area contributed by atoms with Gasteiger partial charge in [-0.1, -0.05) is 19.1 Å². The highest BCUT2D eigenvalue weighted by molar-refractivity contribution is 7.98. The minimum atomic E-state index is 0.843. The van der Waals surface area contributed by atoms with Crippen molar-refractivity contribution in [3.05, 3.63) is 29.8 Å². The topological polar surface area (TPSA) is 0 Å². The lowest BCUT2D eigenvalue weighted by Gasteiger charge is -2.34. The monoisotopic (exact) mass is 192 g/mol. The Morgan fingerprint density at radius 1 is 1.15 bits per heavy atom. The minimum absolute atomic E-state index is 0.843. The van der Waals surface area contributed by atoms with Gasteiger partial charge in [-0.3, -0.25) is 0 Å². The molecule has 1 fully saturated rings. The Bertz CT molecular complexity index is 276. The summed E-state index contributed by atoms with van der Waals surface area (Å²) < 4.78 is 0. The van der Waals surface area contributed by atoms with Crippen molar-refractivity contribution in [1.82, 2.24) is 0 Å². The lowest BCUT2D eigenvalue weighted by molar-refractivity contribution is 0.280. The summed E-state index contributed by atoms with van der Waals surface area (Å²) in [6.45, 7) is 2.36. The first-order chi connectivity index (χ1) is 6.31. The van der Waals surface area contributed by atoms with E-state index in [4.69, 9.17) is 0 Å². The van der Waals surface area contributed by atoms with Gasteiger partial charge in [0, 0.05) is 4.90 Å². The first kappa shape index (κ1) is 9.14. The molecule has 2 atom stereocenters. The third kappa shape index (κ3) is 1.76. The van der Waals surface area contributed by atoms with E-state index in [-0.39, 0.29) is 0 Å². The largest absolute Gasteiger partial charge is 0.130 e. The fourth-order valence-electron chi connectivity index (χ4n) is 2.01. The molecule has 0 aliphatic heterocycles. The number of hydrogen-bond acceptors (Lipinski definition) is 1. The molecular weight excluding hydrogens is 176 g/mol. The SMILES string of the molecule is CSc1ccc([C@@H]2CC[C@@H]2C)cc1. The molecule has 0 heterocycles. The highest BCUT2D eigenvalue weighted by atomic mass is 32.2. The van der Waals surface area contributed by atoms with E-state index in [1.54, 1.807) is 0 Å². The Hall–Kier alpha value is -0.430. The van der Waals surface area contributed by atoms with Crippen LogP contribution in [0, 0.1) is 5.92 Å². The summed E-state index contributed by atoms with van der Waals surface area (Å²) in [5.41, 5.74) is 1.54. The van der Waals surface area contributed by atoms with Crippen molar-refractivity contribution in [1.29, 1.82) is 0 Å². The van der Waals surface area contributed by atoms with E-state index in [0.717, 1.165) is 11.8 Å². The summed E-state index contributed by atoms with van der Waals surface area (Å²) in [7, 11) is 0. The molecule has 0 nitrogen and oxygen atoms in total. The zero-order valence-electron chi connectivity index (χ0n) is 8.29. The molecule has 1 aromatic carbocycles. The summed E-state index contributed by atoms with van der Waals surface area (Å²) in [6.07, 6.45) is 4.93. The number of hydrogen-bond donors (Lipinski definition) is 0. The van der Waals surface area contributed by atoms with Crippen LogP contribution >= 0.6 is 11.8 Å². The summed E-state index contributed by atoms with van der Waals surface area (Å²) >= 11 is 1.82. The lowest BCUT2D eigenvalue weighted by Crippen LogP contribution is -2.20. The Kier molecular flexibility index (Phi) is 2.63. The van der Waals surface area contributed by atoms with Crippen LogP contribution in [0.4, 0.5) is 0 Å². The van der Waals surface area contributed by atoms with Gasteiger partial charge in [0.15, 0.2) is 0 Å². The van der Waals surface area contributed by atoms with Crippen LogP contribution in [0.5, 0.6) is 0 Å². The van der Waals surface area contributed by atoms with Gasteiger partial charge < -0.3 is 0 Å². The van der Waals surface area contributed by atoms with Gasteiger partial charge in [-0.15, -0.1) is 11.8 Å². The number of benzene rings is 1. The van der Waals surface area contributed by atoms with Crippen LogP contribution in [0.1, 0.15) is 31.2 Å². The fourth-order valence-corrected chi connectivity index (χ4v) is 2.42. The number of thioether (sulfide) groups is 1. The second-order valence-electron chi connectivity index (χ2n) is 3.93. The molecule has 0 N–H and O–H groups in total. The van der Waals surface area contributed by atoms with Gasteiger partial charge in [-0.05, 0) is 48.6 Å². The summed E-state index contributed by atoms with van der Waals surface area (Å²) in [6, 6.07) is 9.08. The van der Waals surface area contributed by atoms with Crippen LogP contribution in [-0.2, 0) is 0 Å². The maximum atomic E-state index is 2.36. The van der Waals surface area contributed by atoms with Crippen molar-refractivity contribution in [3.63, 3.8) is 0 Å². The summed E-state index contributed by atoms with van der Waals surface area (Å²) in [4.78, 5) is 1.37. The third-order valence-corrected chi connectivity index (χ3v) is 3.91. The molecule has 0 unspecified atom stereocenters. The molecule has 0 saturated heterocycles. The molecule has 70 valence electrons. The van der Waals surface area contributed by atoms with Crippen molar-refractivity contribution in [2.45, 2.75) is 30.6 Å². The molecule has 0 aromatic heterocycles. The highest BCUT2D eigenvalue weighted by Gasteiger charge is 2.27. The van der Waals surface area contributed by atoms with Gasteiger partial charge in [0.05, 0.1) is 0 Å². The first-order valence-corrected chi connectivity index (χ1v) is 6.17. The normalized spacial score (nSPS) is 26.9. The lowest BCUT2D eigenvalue weighted by atomic mass is 9.71. The second-order valence-corrected chi connectivity index (χ2v) is 4.81. The Morgan fingerprint density at radius 3 is 2.23 bits per heavy atom. The molecule has 13 heavy (non-hydrogen) atoms. The first-order valence-electron chi connectivity index (χ1n) is 4.95. The van der Waals surface area contributed by atoms with Gasteiger partial charge in [-0.25, -0.2) is 0 Å². The van der Waals surface area contributed by atoms with E-state index in [1.165, 1.54) is 23.3 Å². The van der Waals surface area contributed by atoms with Crippen LogP contribution in [0.15, 0.2) is 29.2 Å². The molecule has 1 aliphatic carbocycles. The Balaban J connectivity index is 2.13. The van der Waals surface area contributed by atoms with Gasteiger partial charge in [0.2, 0.25) is 0 Å². The molecule has 0 amide bonds. The van der Waals surface area contributed by atoms with Gasteiger partial charge >= 0.3 is 0 Å². The van der Waals surface area contributed by atoms with E-state index in [2.05, 4.69) is 37.4 Å². The van der Waals surface area contributed by atoms with Crippen molar-refractivity contribution in [2.75, 3.05) is 6.26 Å². The predicted octanol–water partition coefficient (Wildman–Crippen LogP) is 3.92. The molecule has 2 rings (SSSR count). The minimum Gasteiger partial charge on any atom is -0.130 e. The molecule has 0 spiro atoms. The molecule has 1 saturated carbocycles. The Labute approximate surface area is 84.7 Å². The van der Waals surface area contributed by atoms with Crippen LogP contribution in [0.2, 0.25) is 0 Å². The number of rotatable bonds is 2. The van der Waals surface area contributed by atoms with Gasteiger partial charge in [-0.2, -0.15) is 0 Å². The van der Waals surface area contributed by atoms with E-state index >= 15 is 0 Å². The smallest absolute Gasteiger partial charge is 0.00693 e. The molecule has 1 aromatic rings. The molecule has 0 bridgehead atoms. The molecule has 0 radical (unpaired) electrons. The van der Waals surface area contributed by atoms with Crippen LogP contribution in [0.25, 0.3) is 0 Å². The zero-order chi connectivity index (χ0) is 9.26. The zero-order valence-corrected chi connectivity index (χ0v) is 9.10. The highest BCUT2D eigenvalue weighted by Crippen LogP contribution is 2.42. The average Bonchev–Trinajstić information content (AvgIpc) is 2.17. The van der Waals surface area contributed by atoms with Crippen molar-refractivity contribution >= 4 is 11.8 Å². The molecular formula is C12H16S. The van der Waals surface area contributed by atoms with Crippen molar-refractivity contribution < 1.29 is 0 Å². The average molecular weight is 192 g/mol. The van der Waals surface area contributed by atoms with E-state index < -0.39 is 0 Å². The van der Waals surface area contributed by atoms with Gasteiger partial charge in [0.1, 0.15) is 0 Å². The predicted molar refractivity (Wildman–Crippen MR) is 59.4 cm³/mol. The molecule has 1 aliphatic rings. The van der Waals surface area contributed by atoms with Crippen molar-refractivity contribution in [3.8, 4) is 0 Å². The maximum absolute atomic E-state index is 2.36. The standard InChI is InChI=1S/C12H16S/c1-9-3-8-12(9)10-4-6-11(13-2)7-5-10/h4-7,9,12H,3,8H2,1-2H3/t9-,12+/m0/s1. The Morgan fingerprint density at radius 2 is 1.85 bits per heavy atom. The second kappa shape index (κ2) is 3.75. The van der Waals surface area contributed by atoms with E-state index in [1.807, 2.05) is 11.8 Å². The maximum Gasteiger partial charge on any atom is 0.00693 e. The van der Waals surface area contributed by atoms with E-state index in [0.29, 0.717) is 0 Å². The van der Waals surface area contributed by atoms with E-state index in [9.17, 15) is 0 Å². The summed E-state index contributed by atoms with van der Waals surface area (Å²) in [5, 5.41) is 0. The van der Waals surface area contributed by atoms with Crippen LogP contribution in [-0.4, -0.2) is 6.26 Å². The summed E-state index contributed by atoms with van der Waals surface area (Å²) in [5.74, 6) is 1.75. The van der Waals surface area contributed by atoms with Crippen LogP contribution < -0.4 is 0 Å². The van der Waals surface area contributed by atoms with Crippen LogP contribution in [0.3, 0.4) is 0 Å². The van der Waals surface area contributed by atoms with Crippen molar-refractivity contribution in [2.24, 2.45) is 5.92 Å².